The van der Waals surface area contributed by atoms with E-state index in [9.17, 15) is 10.1 Å². The van der Waals surface area contributed by atoms with Crippen LogP contribution in [0.1, 0.15) is 26.7 Å². The molecule has 0 aliphatic heterocycles. The second-order valence-corrected chi connectivity index (χ2v) is 4.65. The molecule has 1 rings (SSSR count). The first-order chi connectivity index (χ1) is 9.56. The number of nitro benzene ring substituents is 1. The lowest BCUT2D eigenvalue weighted by Gasteiger charge is -2.15. The lowest BCUT2D eigenvalue weighted by Crippen LogP contribution is -2.17. The third kappa shape index (κ3) is 5.44. The van der Waals surface area contributed by atoms with Crippen LogP contribution in [0.2, 0.25) is 0 Å². The van der Waals surface area contributed by atoms with Crippen LogP contribution in [0.3, 0.4) is 0 Å². The SMILES string of the molecule is CCCOc1cc(NC(C)CCOC)cc([N+](=O)[O-])c1. The van der Waals surface area contributed by atoms with Crippen molar-refractivity contribution in [1.82, 2.24) is 0 Å². The summed E-state index contributed by atoms with van der Waals surface area (Å²) in [6.45, 7) is 5.18. The zero-order valence-corrected chi connectivity index (χ0v) is 12.2. The van der Waals surface area contributed by atoms with Crippen molar-refractivity contribution >= 4 is 11.4 Å². The standard InChI is InChI=1S/C14H22N2O4/c1-4-6-20-14-9-12(8-13(10-14)16(17)18)15-11(2)5-7-19-3/h8-11,15H,4-7H2,1-3H3. The lowest BCUT2D eigenvalue weighted by atomic mass is 10.2. The van der Waals surface area contributed by atoms with Crippen LogP contribution in [0.4, 0.5) is 11.4 Å². The summed E-state index contributed by atoms with van der Waals surface area (Å²) in [5, 5.41) is 14.2. The second-order valence-electron chi connectivity index (χ2n) is 4.65. The summed E-state index contributed by atoms with van der Waals surface area (Å²) in [5.41, 5.74) is 0.717. The van der Waals surface area contributed by atoms with E-state index in [1.54, 1.807) is 13.2 Å². The smallest absolute Gasteiger partial charge is 0.275 e. The predicted molar refractivity (Wildman–Crippen MR) is 78.5 cm³/mol. The molecule has 0 saturated carbocycles. The zero-order chi connectivity index (χ0) is 15.0. The molecule has 1 atom stereocenters. The second kappa shape index (κ2) is 8.37. The molecule has 0 heterocycles. The number of benzene rings is 1. The lowest BCUT2D eigenvalue weighted by molar-refractivity contribution is -0.384. The molecule has 6 heteroatoms. The van der Waals surface area contributed by atoms with Gasteiger partial charge in [-0.1, -0.05) is 6.92 Å². The number of nitrogens with zero attached hydrogens (tertiary/aromatic N) is 1. The average Bonchev–Trinajstić information content (AvgIpc) is 2.42. The Balaban J connectivity index is 2.82. The number of rotatable bonds is 9. The van der Waals surface area contributed by atoms with Crippen molar-refractivity contribution < 1.29 is 14.4 Å². The topological polar surface area (TPSA) is 73.6 Å². The molecule has 0 aliphatic carbocycles. The van der Waals surface area contributed by atoms with E-state index in [0.717, 1.165) is 12.8 Å². The Hall–Kier alpha value is -1.82. The highest BCUT2D eigenvalue weighted by Crippen LogP contribution is 2.26. The number of methoxy groups -OCH3 is 1. The molecule has 1 aromatic carbocycles. The first kappa shape index (κ1) is 16.2. The van der Waals surface area contributed by atoms with Crippen LogP contribution in [-0.2, 0) is 4.74 Å². The molecule has 112 valence electrons. The van der Waals surface area contributed by atoms with Gasteiger partial charge in [0.2, 0.25) is 0 Å². The van der Waals surface area contributed by atoms with Gasteiger partial charge in [-0.05, 0) is 19.8 Å². The normalized spacial score (nSPS) is 11.9. The minimum Gasteiger partial charge on any atom is -0.493 e. The fourth-order valence-electron chi connectivity index (χ4n) is 1.73. The summed E-state index contributed by atoms with van der Waals surface area (Å²) in [4.78, 5) is 10.5. The maximum atomic E-state index is 10.9. The number of nitro groups is 1. The molecule has 0 amide bonds. The fraction of sp³-hybridized carbons (Fsp3) is 0.571. The van der Waals surface area contributed by atoms with Crippen molar-refractivity contribution in [2.75, 3.05) is 25.6 Å². The summed E-state index contributed by atoms with van der Waals surface area (Å²) >= 11 is 0. The van der Waals surface area contributed by atoms with Crippen LogP contribution < -0.4 is 10.1 Å². The summed E-state index contributed by atoms with van der Waals surface area (Å²) < 4.78 is 10.5. The molecule has 20 heavy (non-hydrogen) atoms. The van der Waals surface area contributed by atoms with E-state index in [1.165, 1.54) is 12.1 Å². The molecular weight excluding hydrogens is 260 g/mol. The van der Waals surface area contributed by atoms with Gasteiger partial charge in [-0.3, -0.25) is 10.1 Å². The van der Waals surface area contributed by atoms with Gasteiger partial charge in [0.05, 0.1) is 17.6 Å². The van der Waals surface area contributed by atoms with Gasteiger partial charge < -0.3 is 14.8 Å². The van der Waals surface area contributed by atoms with Gasteiger partial charge in [-0.2, -0.15) is 0 Å². The van der Waals surface area contributed by atoms with Gasteiger partial charge >= 0.3 is 0 Å². The third-order valence-electron chi connectivity index (χ3n) is 2.74. The number of hydrogen-bond donors (Lipinski definition) is 1. The summed E-state index contributed by atoms with van der Waals surface area (Å²) in [5.74, 6) is 0.516. The Kier molecular flexibility index (Phi) is 6.79. The van der Waals surface area contributed by atoms with Crippen LogP contribution in [0.15, 0.2) is 18.2 Å². The van der Waals surface area contributed by atoms with E-state index in [2.05, 4.69) is 5.32 Å². The Morgan fingerprint density at radius 3 is 2.70 bits per heavy atom. The highest BCUT2D eigenvalue weighted by Gasteiger charge is 2.12. The molecule has 0 aliphatic rings. The fourth-order valence-corrected chi connectivity index (χ4v) is 1.73. The number of nitrogens with one attached hydrogen (secondary N) is 1. The molecule has 1 aromatic rings. The monoisotopic (exact) mass is 282 g/mol. The van der Waals surface area contributed by atoms with Crippen LogP contribution in [-0.4, -0.2) is 31.3 Å². The Bertz CT molecular complexity index is 437. The molecular formula is C14H22N2O4. The summed E-state index contributed by atoms with van der Waals surface area (Å²) in [6.07, 6.45) is 1.68. The van der Waals surface area contributed by atoms with E-state index < -0.39 is 4.92 Å². The minimum absolute atomic E-state index is 0.0278. The first-order valence-electron chi connectivity index (χ1n) is 6.74. The maximum absolute atomic E-state index is 10.9. The average molecular weight is 282 g/mol. The van der Waals surface area contributed by atoms with E-state index in [-0.39, 0.29) is 11.7 Å². The van der Waals surface area contributed by atoms with Gasteiger partial charge in [0.25, 0.3) is 5.69 Å². The highest BCUT2D eigenvalue weighted by atomic mass is 16.6. The molecule has 0 saturated heterocycles. The van der Waals surface area contributed by atoms with Gasteiger partial charge in [-0.15, -0.1) is 0 Å². The number of hydrogen-bond acceptors (Lipinski definition) is 5. The molecule has 0 spiro atoms. The largest absolute Gasteiger partial charge is 0.493 e. The van der Waals surface area contributed by atoms with E-state index in [1.807, 2.05) is 13.8 Å². The van der Waals surface area contributed by atoms with Crippen LogP contribution >= 0.6 is 0 Å². The third-order valence-corrected chi connectivity index (χ3v) is 2.74. The summed E-state index contributed by atoms with van der Waals surface area (Å²) in [6, 6.07) is 4.91. The van der Waals surface area contributed by atoms with E-state index in [4.69, 9.17) is 9.47 Å². The Morgan fingerprint density at radius 1 is 1.35 bits per heavy atom. The highest BCUT2D eigenvalue weighted by molar-refractivity contribution is 5.56. The van der Waals surface area contributed by atoms with Crippen molar-refractivity contribution in [3.8, 4) is 5.75 Å². The van der Waals surface area contributed by atoms with Crippen molar-refractivity contribution in [1.29, 1.82) is 0 Å². The van der Waals surface area contributed by atoms with Crippen molar-refractivity contribution in [2.24, 2.45) is 0 Å². The molecule has 1 N–H and O–H groups in total. The van der Waals surface area contributed by atoms with Gasteiger partial charge in [0.15, 0.2) is 0 Å². The Labute approximate surface area is 119 Å². The molecule has 0 radical (unpaired) electrons. The van der Waals surface area contributed by atoms with Crippen molar-refractivity contribution in [3.05, 3.63) is 28.3 Å². The first-order valence-corrected chi connectivity index (χ1v) is 6.74. The number of anilines is 1. The maximum Gasteiger partial charge on any atom is 0.275 e. The number of ether oxygens (including phenoxy) is 2. The molecule has 6 nitrogen and oxygen atoms in total. The minimum atomic E-state index is -0.413. The summed E-state index contributed by atoms with van der Waals surface area (Å²) in [7, 11) is 1.65. The Morgan fingerprint density at radius 2 is 2.10 bits per heavy atom. The van der Waals surface area contributed by atoms with Crippen LogP contribution in [0.25, 0.3) is 0 Å². The zero-order valence-electron chi connectivity index (χ0n) is 12.2. The van der Waals surface area contributed by atoms with Crippen molar-refractivity contribution in [3.63, 3.8) is 0 Å². The van der Waals surface area contributed by atoms with E-state index in [0.29, 0.717) is 24.7 Å². The van der Waals surface area contributed by atoms with Crippen molar-refractivity contribution in [2.45, 2.75) is 32.7 Å². The molecule has 0 bridgehead atoms. The van der Waals surface area contributed by atoms with E-state index >= 15 is 0 Å². The van der Waals surface area contributed by atoms with Crippen LogP contribution in [0.5, 0.6) is 5.75 Å². The van der Waals surface area contributed by atoms with Crippen LogP contribution in [0, 0.1) is 10.1 Å². The van der Waals surface area contributed by atoms with Gasteiger partial charge in [-0.25, -0.2) is 0 Å². The molecule has 1 unspecified atom stereocenters. The quantitative estimate of drug-likeness (QED) is 0.556. The molecule has 0 fully saturated rings. The predicted octanol–water partition coefficient (Wildman–Crippen LogP) is 3.22. The number of non-ortho nitro benzene ring substituents is 1. The van der Waals surface area contributed by atoms with Gasteiger partial charge in [0.1, 0.15) is 5.75 Å². The molecule has 0 aromatic heterocycles. The van der Waals surface area contributed by atoms with Gasteiger partial charge in [0, 0.05) is 37.6 Å².